The summed E-state index contributed by atoms with van der Waals surface area (Å²) in [6.45, 7) is 3.42. The van der Waals surface area contributed by atoms with Gasteiger partial charge in [0.25, 0.3) is 0 Å². The number of carbonyl (C=O) groups excluding carboxylic acids is 1. The fraction of sp³-hybridized carbons (Fsp3) is 0.267. The van der Waals surface area contributed by atoms with E-state index in [0.29, 0.717) is 22.4 Å². The van der Waals surface area contributed by atoms with Gasteiger partial charge in [-0.3, -0.25) is 4.79 Å². The van der Waals surface area contributed by atoms with Crippen LogP contribution in [0, 0.1) is 6.92 Å². The highest BCUT2D eigenvalue weighted by Crippen LogP contribution is 2.25. The Morgan fingerprint density at radius 3 is 2.48 bits per heavy atom. The zero-order valence-corrected chi connectivity index (χ0v) is 14.1. The molecule has 0 fully saturated rings. The van der Waals surface area contributed by atoms with E-state index in [1.54, 1.807) is 19.9 Å². The third kappa shape index (κ3) is 6.14. The Hall–Kier alpha value is -2.49. The van der Waals surface area contributed by atoms with Gasteiger partial charge in [0.2, 0.25) is 5.91 Å². The predicted molar refractivity (Wildman–Crippen MR) is 88.3 cm³/mol. The Bertz CT molecular complexity index is 733. The predicted octanol–water partition coefficient (Wildman–Crippen LogP) is 3.39. The van der Waals surface area contributed by atoms with Gasteiger partial charge in [0.1, 0.15) is 11.6 Å². The average Bonchev–Trinajstić information content (AvgIpc) is 2.46. The molecule has 1 aromatic heterocycles. The first-order valence-electron chi connectivity index (χ1n) is 7.07. The van der Waals surface area contributed by atoms with Crippen LogP contribution in [0.1, 0.15) is 12.6 Å². The molecule has 0 bridgehead atoms. The Morgan fingerprint density at radius 1 is 1.28 bits per heavy atom. The number of nitrogen functional groups attached to an aromatic ring is 1. The maximum Gasteiger partial charge on any atom is 0.573 e. The monoisotopic (exact) mass is 372 g/mol. The smallest absolute Gasteiger partial charge is 0.406 e. The lowest BCUT2D eigenvalue weighted by Crippen LogP contribution is -2.22. The van der Waals surface area contributed by atoms with Crippen LogP contribution in [0.3, 0.4) is 0 Å². The molecule has 0 aliphatic carbocycles. The van der Waals surface area contributed by atoms with Gasteiger partial charge in [-0.05, 0) is 38.1 Å². The third-order valence-electron chi connectivity index (χ3n) is 2.86. The van der Waals surface area contributed by atoms with E-state index in [1.165, 1.54) is 12.1 Å². The highest BCUT2D eigenvalue weighted by Gasteiger charge is 2.31. The molecule has 0 radical (unpaired) electrons. The molecule has 0 aliphatic heterocycles. The van der Waals surface area contributed by atoms with E-state index in [4.69, 9.17) is 5.73 Å². The molecule has 1 aromatic carbocycles. The maximum absolute atomic E-state index is 12.2. The number of hydrogen-bond acceptors (Lipinski definition) is 6. The summed E-state index contributed by atoms with van der Waals surface area (Å²) in [6.07, 6.45) is -4.76. The number of aryl methyl sites for hydroxylation is 1. The van der Waals surface area contributed by atoms with Crippen molar-refractivity contribution < 1.29 is 22.7 Å². The number of halogens is 3. The second-order valence-electron chi connectivity index (χ2n) is 5.04. The SMILES string of the molecule is Cc1cc(N)nc(SC(C)C(=O)Nc2ccc(OC(F)(F)F)cc2)n1. The van der Waals surface area contributed by atoms with Crippen molar-refractivity contribution in [1.29, 1.82) is 0 Å². The molecule has 0 aliphatic rings. The standard InChI is InChI=1S/C15H15F3N4O2S/c1-8-7-12(19)22-14(20-8)25-9(2)13(23)21-10-3-5-11(6-4-10)24-15(16,17)18/h3-7,9H,1-2H3,(H,21,23)(H2,19,20,22). The fourth-order valence-corrected chi connectivity index (χ4v) is 2.65. The number of thioether (sulfide) groups is 1. The van der Waals surface area contributed by atoms with Crippen LogP contribution < -0.4 is 15.8 Å². The van der Waals surface area contributed by atoms with Gasteiger partial charge in [-0.2, -0.15) is 0 Å². The van der Waals surface area contributed by atoms with E-state index in [1.807, 2.05) is 0 Å². The lowest BCUT2D eigenvalue weighted by atomic mass is 10.3. The van der Waals surface area contributed by atoms with Crippen molar-refractivity contribution in [3.63, 3.8) is 0 Å². The summed E-state index contributed by atoms with van der Waals surface area (Å²) in [5, 5.41) is 2.43. The number of ether oxygens (including phenoxy) is 1. The molecule has 2 rings (SSSR count). The maximum atomic E-state index is 12.2. The lowest BCUT2D eigenvalue weighted by molar-refractivity contribution is -0.274. The van der Waals surface area contributed by atoms with Gasteiger partial charge in [0, 0.05) is 17.4 Å². The summed E-state index contributed by atoms with van der Waals surface area (Å²) in [5.74, 6) is -0.405. The van der Waals surface area contributed by atoms with Gasteiger partial charge < -0.3 is 15.8 Å². The zero-order valence-electron chi connectivity index (χ0n) is 13.3. The summed E-state index contributed by atoms with van der Waals surface area (Å²) in [6, 6.07) is 6.48. The van der Waals surface area contributed by atoms with Crippen LogP contribution in [0.25, 0.3) is 0 Å². The van der Waals surface area contributed by atoms with Crippen molar-refractivity contribution in [2.24, 2.45) is 0 Å². The Morgan fingerprint density at radius 2 is 1.92 bits per heavy atom. The van der Waals surface area contributed by atoms with Gasteiger partial charge in [0.05, 0.1) is 5.25 Å². The quantitative estimate of drug-likeness (QED) is 0.618. The Balaban J connectivity index is 1.96. The van der Waals surface area contributed by atoms with Crippen LogP contribution >= 0.6 is 11.8 Å². The van der Waals surface area contributed by atoms with Crippen molar-refractivity contribution in [3.8, 4) is 5.75 Å². The number of amides is 1. The number of aromatic nitrogens is 2. The third-order valence-corrected chi connectivity index (χ3v) is 3.82. The molecule has 1 atom stereocenters. The largest absolute Gasteiger partial charge is 0.573 e. The van der Waals surface area contributed by atoms with Crippen LogP contribution in [0.2, 0.25) is 0 Å². The minimum absolute atomic E-state index is 0.308. The molecule has 10 heteroatoms. The van der Waals surface area contributed by atoms with Gasteiger partial charge in [-0.25, -0.2) is 9.97 Å². The van der Waals surface area contributed by atoms with Crippen LogP contribution in [0.4, 0.5) is 24.7 Å². The van der Waals surface area contributed by atoms with Crippen LogP contribution in [0.5, 0.6) is 5.75 Å². The van der Waals surface area contributed by atoms with Crippen LogP contribution in [-0.4, -0.2) is 27.5 Å². The first-order valence-corrected chi connectivity index (χ1v) is 7.95. The molecular formula is C15H15F3N4O2S. The zero-order chi connectivity index (χ0) is 18.6. The number of anilines is 2. The summed E-state index contributed by atoms with van der Waals surface area (Å²) < 4.78 is 40.1. The van der Waals surface area contributed by atoms with E-state index in [0.717, 1.165) is 23.9 Å². The van der Waals surface area contributed by atoms with E-state index < -0.39 is 11.6 Å². The second-order valence-corrected chi connectivity index (χ2v) is 6.35. The highest BCUT2D eigenvalue weighted by atomic mass is 32.2. The number of benzene rings is 1. The average molecular weight is 372 g/mol. The summed E-state index contributed by atoms with van der Waals surface area (Å²) in [5.41, 5.74) is 6.66. The number of nitrogens with one attached hydrogen (secondary N) is 1. The topological polar surface area (TPSA) is 90.1 Å². The molecule has 1 unspecified atom stereocenters. The number of nitrogens with zero attached hydrogens (tertiary/aromatic N) is 2. The van der Waals surface area contributed by atoms with Gasteiger partial charge in [0.15, 0.2) is 5.16 Å². The van der Waals surface area contributed by atoms with Crippen molar-refractivity contribution in [3.05, 3.63) is 36.0 Å². The second kappa shape index (κ2) is 7.60. The molecule has 25 heavy (non-hydrogen) atoms. The summed E-state index contributed by atoms with van der Waals surface area (Å²) >= 11 is 1.12. The first kappa shape index (κ1) is 18.8. The fourth-order valence-electron chi connectivity index (χ4n) is 1.81. The summed E-state index contributed by atoms with van der Waals surface area (Å²) in [7, 11) is 0. The lowest BCUT2D eigenvalue weighted by Gasteiger charge is -2.12. The van der Waals surface area contributed by atoms with E-state index in [9.17, 15) is 18.0 Å². The molecule has 0 saturated carbocycles. The van der Waals surface area contributed by atoms with Gasteiger partial charge >= 0.3 is 6.36 Å². The molecule has 1 heterocycles. The number of alkyl halides is 3. The molecule has 3 N–H and O–H groups in total. The van der Waals surface area contributed by atoms with Gasteiger partial charge in [-0.1, -0.05) is 11.8 Å². The van der Waals surface area contributed by atoms with E-state index in [2.05, 4.69) is 20.0 Å². The molecule has 1 amide bonds. The van der Waals surface area contributed by atoms with Gasteiger partial charge in [-0.15, -0.1) is 13.2 Å². The minimum Gasteiger partial charge on any atom is -0.406 e. The van der Waals surface area contributed by atoms with E-state index >= 15 is 0 Å². The number of rotatable bonds is 5. The molecule has 2 aromatic rings. The molecule has 6 nitrogen and oxygen atoms in total. The van der Waals surface area contributed by atoms with Crippen molar-refractivity contribution in [1.82, 2.24) is 9.97 Å². The molecule has 0 saturated heterocycles. The van der Waals surface area contributed by atoms with Crippen molar-refractivity contribution in [2.45, 2.75) is 30.6 Å². The number of nitrogens with two attached hydrogens (primary N) is 1. The van der Waals surface area contributed by atoms with Crippen LogP contribution in [-0.2, 0) is 4.79 Å². The van der Waals surface area contributed by atoms with Crippen LogP contribution in [0.15, 0.2) is 35.5 Å². The Kier molecular flexibility index (Phi) is 5.73. The number of hydrogen-bond donors (Lipinski definition) is 2. The van der Waals surface area contributed by atoms with Crippen molar-refractivity contribution >= 4 is 29.2 Å². The first-order chi connectivity index (χ1) is 11.6. The van der Waals surface area contributed by atoms with Crippen molar-refractivity contribution in [2.75, 3.05) is 11.1 Å². The molecule has 0 spiro atoms. The number of carbonyl (C=O) groups is 1. The highest BCUT2D eigenvalue weighted by molar-refractivity contribution is 8.00. The normalized spacial score (nSPS) is 12.5. The Labute approximate surface area is 146 Å². The summed E-state index contributed by atoms with van der Waals surface area (Å²) in [4.78, 5) is 20.4. The van der Waals surface area contributed by atoms with E-state index in [-0.39, 0.29) is 11.7 Å². The molecular weight excluding hydrogens is 357 g/mol. The minimum atomic E-state index is -4.76. The molecule has 134 valence electrons.